The molecule has 0 aliphatic carbocycles. The van der Waals surface area contributed by atoms with Crippen LogP contribution in [0.15, 0.2) is 53.7 Å². The number of amides is 2. The summed E-state index contributed by atoms with van der Waals surface area (Å²) in [4.78, 5) is 37.0. The summed E-state index contributed by atoms with van der Waals surface area (Å²) in [5.74, 6) is -1.51. The molecule has 0 aromatic heterocycles. The van der Waals surface area contributed by atoms with Crippen molar-refractivity contribution in [2.45, 2.75) is 25.6 Å². The van der Waals surface area contributed by atoms with Crippen molar-refractivity contribution in [3.05, 3.63) is 76.0 Å². The molecule has 0 bridgehead atoms. The SMILES string of the molecule is COC(=O)C1=C(C)N(c2cccc(C(F)(F)F)c2)C(=N)N(C(N)=O)[C@@H]1c1ccc(C#N)cc1CC[N+](C)(CCO)CCO.COC=O. The van der Waals surface area contributed by atoms with E-state index in [2.05, 4.69) is 10.8 Å². The van der Waals surface area contributed by atoms with Crippen LogP contribution in [-0.4, -0.2) is 98.1 Å². The van der Waals surface area contributed by atoms with E-state index >= 15 is 0 Å². The molecule has 13 nitrogen and oxygen atoms in total. The van der Waals surface area contributed by atoms with Gasteiger partial charge in [-0.1, -0.05) is 12.1 Å². The standard InChI is InChI=1S/C29H33F3N6O5.C2H4O2/c1-18-24(26(41)43-3)25(23-8-7-19(17-33)15-20(23)9-10-38(2,11-13-39)12-14-40)37(28(35)42)27(34)36(18)22-6-4-5-21(16-22)29(30,31)32;1-4-2-3/h4-8,15-16,25,34,39-40H,9-14H2,1-3H3,(H-,35,42);2H,1H3/p+1/t25-;/m1./s1. The number of urea groups is 1. The highest BCUT2D eigenvalue weighted by Gasteiger charge is 2.44. The van der Waals surface area contributed by atoms with Gasteiger partial charge < -0.3 is 29.9 Å². The van der Waals surface area contributed by atoms with Crippen molar-refractivity contribution in [2.24, 2.45) is 5.73 Å². The number of benzene rings is 2. The lowest BCUT2D eigenvalue weighted by molar-refractivity contribution is -0.909. The van der Waals surface area contributed by atoms with Crippen LogP contribution in [0, 0.1) is 16.7 Å². The van der Waals surface area contributed by atoms with Crippen molar-refractivity contribution in [1.82, 2.24) is 4.90 Å². The summed E-state index contributed by atoms with van der Waals surface area (Å²) in [5.41, 5.74) is 5.64. The van der Waals surface area contributed by atoms with Gasteiger partial charge in [0.15, 0.2) is 0 Å². The first-order chi connectivity index (χ1) is 22.1. The number of nitriles is 1. The fourth-order valence-electron chi connectivity index (χ4n) is 5.24. The van der Waals surface area contributed by atoms with Crippen molar-refractivity contribution in [3.63, 3.8) is 0 Å². The number of hydrogen-bond acceptors (Lipinski definition) is 9. The number of carbonyl (C=O) groups excluding carboxylic acids is 3. The van der Waals surface area contributed by atoms with Gasteiger partial charge in [-0.25, -0.2) is 9.59 Å². The van der Waals surface area contributed by atoms with Crippen LogP contribution < -0.4 is 10.6 Å². The molecule has 1 atom stereocenters. The first kappa shape index (κ1) is 38.2. The Morgan fingerprint density at radius 3 is 2.23 bits per heavy atom. The number of aliphatic hydroxyl groups excluding tert-OH is 2. The smallest absolute Gasteiger partial charge is 0.416 e. The van der Waals surface area contributed by atoms with Crippen LogP contribution >= 0.6 is 0 Å². The molecule has 47 heavy (non-hydrogen) atoms. The van der Waals surface area contributed by atoms with Gasteiger partial charge in [0.05, 0.1) is 63.8 Å². The van der Waals surface area contributed by atoms with E-state index in [-0.39, 0.29) is 46.6 Å². The van der Waals surface area contributed by atoms with Crippen LogP contribution in [0.5, 0.6) is 0 Å². The number of carbonyl (C=O) groups is 3. The molecule has 1 aliphatic rings. The molecule has 0 spiro atoms. The first-order valence-corrected chi connectivity index (χ1v) is 14.1. The monoisotopic (exact) mass is 663 g/mol. The predicted molar refractivity (Wildman–Crippen MR) is 163 cm³/mol. The van der Waals surface area contributed by atoms with Gasteiger partial charge in [0.1, 0.15) is 19.1 Å². The minimum absolute atomic E-state index is 0.0372. The third kappa shape index (κ3) is 9.06. The normalized spacial score (nSPS) is 15.0. The average molecular weight is 664 g/mol. The maximum Gasteiger partial charge on any atom is 0.416 e. The second kappa shape index (κ2) is 16.5. The molecule has 16 heteroatoms. The summed E-state index contributed by atoms with van der Waals surface area (Å²) >= 11 is 0. The Labute approximate surface area is 269 Å². The number of anilines is 1. The molecule has 0 fully saturated rings. The predicted octanol–water partition coefficient (Wildman–Crippen LogP) is 2.66. The van der Waals surface area contributed by atoms with Crippen LogP contribution in [0.3, 0.4) is 0 Å². The van der Waals surface area contributed by atoms with Gasteiger partial charge in [-0.2, -0.15) is 18.4 Å². The minimum Gasteiger partial charge on any atom is -0.471 e. The molecule has 2 aromatic carbocycles. The van der Waals surface area contributed by atoms with Gasteiger partial charge >= 0.3 is 18.2 Å². The summed E-state index contributed by atoms with van der Waals surface area (Å²) < 4.78 is 49.8. The number of ether oxygens (including phenoxy) is 2. The lowest BCUT2D eigenvalue weighted by Gasteiger charge is -2.43. The van der Waals surface area contributed by atoms with Gasteiger partial charge in [-0.3, -0.25) is 20.0 Å². The lowest BCUT2D eigenvalue weighted by atomic mass is 9.87. The van der Waals surface area contributed by atoms with Crippen LogP contribution in [0.25, 0.3) is 0 Å². The number of guanidine groups is 1. The van der Waals surface area contributed by atoms with E-state index in [1.54, 1.807) is 6.07 Å². The zero-order valence-corrected chi connectivity index (χ0v) is 26.4. The van der Waals surface area contributed by atoms with E-state index in [9.17, 15) is 38.2 Å². The molecular weight excluding hydrogens is 625 g/mol. The largest absolute Gasteiger partial charge is 0.471 e. The topological polar surface area (TPSA) is 190 Å². The molecule has 5 N–H and O–H groups in total. The summed E-state index contributed by atoms with van der Waals surface area (Å²) in [6, 6.07) is 8.24. The number of esters is 1. The third-order valence-electron chi connectivity index (χ3n) is 7.63. The molecule has 1 heterocycles. The maximum atomic E-state index is 13.5. The van der Waals surface area contributed by atoms with Crippen LogP contribution in [-0.2, 0) is 31.7 Å². The Balaban J connectivity index is 0.00000181. The number of methoxy groups -OCH3 is 2. The zero-order valence-electron chi connectivity index (χ0n) is 26.4. The van der Waals surface area contributed by atoms with Gasteiger partial charge in [-0.05, 0) is 48.4 Å². The maximum absolute atomic E-state index is 13.5. The molecule has 1 aliphatic heterocycles. The molecule has 0 radical (unpaired) electrons. The number of alkyl halides is 3. The van der Waals surface area contributed by atoms with Crippen molar-refractivity contribution in [1.29, 1.82) is 10.7 Å². The number of halogens is 3. The molecule has 0 unspecified atom stereocenters. The van der Waals surface area contributed by atoms with E-state index in [0.29, 0.717) is 37.2 Å². The van der Waals surface area contributed by atoms with Crippen LogP contribution in [0.1, 0.15) is 35.2 Å². The molecule has 0 saturated heterocycles. The number of nitrogens with one attached hydrogen (secondary N) is 1. The Morgan fingerprint density at radius 1 is 1.13 bits per heavy atom. The fourth-order valence-corrected chi connectivity index (χ4v) is 5.24. The summed E-state index contributed by atoms with van der Waals surface area (Å²) in [6.07, 6.45) is -4.43. The summed E-state index contributed by atoms with van der Waals surface area (Å²) in [5, 5.41) is 37.7. The number of primary amides is 1. The van der Waals surface area contributed by atoms with Gasteiger partial charge in [-0.15, -0.1) is 0 Å². The Hall–Kier alpha value is -4.98. The summed E-state index contributed by atoms with van der Waals surface area (Å²) in [7, 11) is 4.26. The highest BCUT2D eigenvalue weighted by molar-refractivity contribution is 6.10. The second-order valence-corrected chi connectivity index (χ2v) is 10.7. The number of hydrogen-bond donors (Lipinski definition) is 4. The van der Waals surface area contributed by atoms with Crippen LogP contribution in [0.2, 0.25) is 0 Å². The average Bonchev–Trinajstić information content (AvgIpc) is 3.03. The quantitative estimate of drug-likeness (QED) is 0.159. The van der Waals surface area contributed by atoms with E-state index in [4.69, 9.17) is 20.7 Å². The number of quaternary nitrogens is 1. The number of aliphatic hydroxyl groups is 2. The highest BCUT2D eigenvalue weighted by Crippen LogP contribution is 2.42. The molecule has 254 valence electrons. The summed E-state index contributed by atoms with van der Waals surface area (Å²) in [6.45, 7) is 2.55. The van der Waals surface area contributed by atoms with E-state index in [1.807, 2.05) is 7.05 Å². The van der Waals surface area contributed by atoms with Crippen molar-refractivity contribution < 1.29 is 51.7 Å². The molecule has 2 amide bonds. The lowest BCUT2D eigenvalue weighted by Crippen LogP contribution is -2.55. The number of nitrogens with zero attached hydrogens (tertiary/aromatic N) is 4. The highest BCUT2D eigenvalue weighted by atomic mass is 19.4. The number of allylic oxidation sites excluding steroid dienone is 1. The van der Waals surface area contributed by atoms with Crippen molar-refractivity contribution in [3.8, 4) is 6.07 Å². The number of likely N-dealkylation sites (N-methyl/N-ethyl adjacent to an activating group) is 1. The zero-order chi connectivity index (χ0) is 35.5. The van der Waals surface area contributed by atoms with Gasteiger partial charge in [0, 0.05) is 17.8 Å². The van der Waals surface area contributed by atoms with E-state index in [0.717, 1.165) is 35.1 Å². The van der Waals surface area contributed by atoms with Crippen LogP contribution in [0.4, 0.5) is 23.7 Å². The molecule has 2 aromatic rings. The Kier molecular flexibility index (Phi) is 13.4. The molecule has 0 saturated carbocycles. The minimum atomic E-state index is -4.70. The number of nitrogens with two attached hydrogens (primary N) is 1. The Bertz CT molecular complexity index is 1530. The molecular formula is C31H38F3N6O7+. The van der Waals surface area contributed by atoms with Gasteiger partial charge in [0.2, 0.25) is 5.96 Å². The van der Waals surface area contributed by atoms with Crippen molar-refractivity contribution >= 4 is 30.1 Å². The molecule has 3 rings (SSSR count). The fraction of sp³-hybridized carbons (Fsp3) is 0.387. The number of rotatable bonds is 11. The Morgan fingerprint density at radius 2 is 1.74 bits per heavy atom. The van der Waals surface area contributed by atoms with E-state index in [1.165, 1.54) is 32.2 Å². The van der Waals surface area contributed by atoms with Crippen molar-refractivity contribution in [2.75, 3.05) is 59.0 Å². The second-order valence-electron chi connectivity index (χ2n) is 10.7. The first-order valence-electron chi connectivity index (χ1n) is 14.1. The van der Waals surface area contributed by atoms with Gasteiger partial charge in [0.25, 0.3) is 6.47 Å². The van der Waals surface area contributed by atoms with E-state index < -0.39 is 35.7 Å². The third-order valence-corrected chi connectivity index (χ3v) is 7.63.